The first-order chi connectivity index (χ1) is 7.75. The van der Waals surface area contributed by atoms with Gasteiger partial charge in [0.15, 0.2) is 5.78 Å². The van der Waals surface area contributed by atoms with Crippen LogP contribution >= 0.6 is 0 Å². The van der Waals surface area contributed by atoms with Crippen molar-refractivity contribution in [2.24, 2.45) is 0 Å². The van der Waals surface area contributed by atoms with Gasteiger partial charge in [0.2, 0.25) is 0 Å². The maximum atomic E-state index is 11.5. The maximum absolute atomic E-state index is 11.5. The molecule has 80 valence electrons. The zero-order valence-electron chi connectivity index (χ0n) is 8.46. The molecule has 0 aliphatic rings. The Labute approximate surface area is 92.6 Å². The number of carbonyl (C=O) groups excluding carboxylic acids is 1. The Morgan fingerprint density at radius 3 is 2.56 bits per heavy atom. The number of phenols is 1. The van der Waals surface area contributed by atoms with Crippen LogP contribution in [0.1, 0.15) is 15.9 Å². The Kier molecular flexibility index (Phi) is 2.87. The Morgan fingerprint density at radius 1 is 1.19 bits per heavy atom. The van der Waals surface area contributed by atoms with E-state index in [1.165, 1.54) is 18.6 Å². The van der Waals surface area contributed by atoms with Crippen molar-refractivity contribution in [2.45, 2.75) is 0 Å². The minimum absolute atomic E-state index is 0.109. The molecule has 0 fully saturated rings. The van der Waals surface area contributed by atoms with Gasteiger partial charge in [0.25, 0.3) is 0 Å². The molecule has 0 atom stereocenters. The van der Waals surface area contributed by atoms with Crippen molar-refractivity contribution in [2.75, 3.05) is 0 Å². The molecular weight excluding hydrogens is 204 g/mol. The van der Waals surface area contributed by atoms with Crippen LogP contribution in [-0.4, -0.2) is 10.9 Å². The molecule has 3 heteroatoms. The van der Waals surface area contributed by atoms with Crippen LogP contribution in [0.3, 0.4) is 0 Å². The number of benzene rings is 1. The fraction of sp³-hybridized carbons (Fsp3) is 0. The molecule has 3 nitrogen and oxygen atoms in total. The van der Waals surface area contributed by atoms with E-state index in [-0.39, 0.29) is 11.5 Å². The molecule has 1 N–H and O–H groups in total. The number of allylic oxidation sites excluding steroid dienone is 1. The lowest BCUT2D eigenvalue weighted by molar-refractivity contribution is 0.104. The van der Waals surface area contributed by atoms with E-state index in [4.69, 9.17) is 9.52 Å². The van der Waals surface area contributed by atoms with Gasteiger partial charge < -0.3 is 9.52 Å². The molecule has 0 radical (unpaired) electrons. The molecule has 0 bridgehead atoms. The van der Waals surface area contributed by atoms with Crippen LogP contribution in [-0.2, 0) is 0 Å². The fourth-order valence-electron chi connectivity index (χ4n) is 1.26. The smallest absolute Gasteiger partial charge is 0.189 e. The number of hydrogen-bond donors (Lipinski definition) is 1. The predicted octanol–water partition coefficient (Wildman–Crippen LogP) is 2.88. The lowest BCUT2D eigenvalue weighted by Crippen LogP contribution is -1.89. The van der Waals surface area contributed by atoms with Crippen LogP contribution in [0.15, 0.2) is 53.4 Å². The first-order valence-electron chi connectivity index (χ1n) is 4.79. The number of phenolic OH excluding ortho intramolecular Hbond substituents is 1. The molecule has 2 aromatic rings. The monoisotopic (exact) mass is 214 g/mol. The van der Waals surface area contributed by atoms with Gasteiger partial charge in [0.05, 0.1) is 11.8 Å². The molecule has 0 aliphatic heterocycles. The van der Waals surface area contributed by atoms with Crippen molar-refractivity contribution in [3.05, 3.63) is 60.1 Å². The van der Waals surface area contributed by atoms with Gasteiger partial charge in [-0.25, -0.2) is 0 Å². The van der Waals surface area contributed by atoms with Gasteiger partial charge in [0, 0.05) is 0 Å². The summed E-state index contributed by atoms with van der Waals surface area (Å²) >= 11 is 0. The van der Waals surface area contributed by atoms with Crippen LogP contribution in [0, 0.1) is 0 Å². The summed E-state index contributed by atoms with van der Waals surface area (Å²) in [7, 11) is 0. The summed E-state index contributed by atoms with van der Waals surface area (Å²) in [6.45, 7) is 0. The zero-order valence-corrected chi connectivity index (χ0v) is 8.46. The lowest BCUT2D eigenvalue weighted by atomic mass is 10.1. The number of ketones is 1. The van der Waals surface area contributed by atoms with Crippen LogP contribution in [0.5, 0.6) is 5.75 Å². The highest BCUT2D eigenvalue weighted by atomic mass is 16.3. The molecule has 2 rings (SSSR count). The number of hydrogen-bond acceptors (Lipinski definition) is 3. The highest BCUT2D eigenvalue weighted by molar-refractivity contribution is 6.06. The van der Waals surface area contributed by atoms with Crippen LogP contribution in [0.4, 0.5) is 0 Å². The average molecular weight is 214 g/mol. The third-order valence-electron chi connectivity index (χ3n) is 2.13. The second kappa shape index (κ2) is 4.49. The predicted molar refractivity (Wildman–Crippen MR) is 60.2 cm³/mol. The van der Waals surface area contributed by atoms with Gasteiger partial charge in [-0.15, -0.1) is 0 Å². The number of furan rings is 1. The average Bonchev–Trinajstić information content (AvgIpc) is 2.81. The van der Waals surface area contributed by atoms with Gasteiger partial charge in [0.1, 0.15) is 12.0 Å². The minimum atomic E-state index is -0.109. The van der Waals surface area contributed by atoms with E-state index in [1.54, 1.807) is 36.4 Å². The largest absolute Gasteiger partial charge is 0.508 e. The maximum Gasteiger partial charge on any atom is 0.189 e. The van der Waals surface area contributed by atoms with Crippen LogP contribution in [0.25, 0.3) is 6.08 Å². The summed E-state index contributed by atoms with van der Waals surface area (Å²) < 4.78 is 4.82. The van der Waals surface area contributed by atoms with Crippen LogP contribution < -0.4 is 0 Å². The summed E-state index contributed by atoms with van der Waals surface area (Å²) in [6, 6.07) is 8.22. The summed E-state index contributed by atoms with van der Waals surface area (Å²) in [4.78, 5) is 11.5. The second-order valence-corrected chi connectivity index (χ2v) is 3.30. The molecular formula is C13H10O3. The quantitative estimate of drug-likeness (QED) is 0.631. The highest BCUT2D eigenvalue weighted by Gasteiger charge is 2.01. The SMILES string of the molecule is O=C(C=Cc1ccc(O)cc1)c1ccoc1. The lowest BCUT2D eigenvalue weighted by Gasteiger charge is -1.93. The van der Waals surface area contributed by atoms with Gasteiger partial charge in [-0.3, -0.25) is 4.79 Å². The van der Waals surface area contributed by atoms with Crippen molar-refractivity contribution in [1.82, 2.24) is 0 Å². The number of aromatic hydroxyl groups is 1. The zero-order chi connectivity index (χ0) is 11.4. The van der Waals surface area contributed by atoms with E-state index in [9.17, 15) is 4.79 Å². The topological polar surface area (TPSA) is 50.4 Å². The first-order valence-corrected chi connectivity index (χ1v) is 4.79. The van der Waals surface area contributed by atoms with Crippen LogP contribution in [0.2, 0.25) is 0 Å². The standard InChI is InChI=1S/C13H10O3/c14-12-4-1-10(2-5-12)3-6-13(15)11-7-8-16-9-11/h1-9,14H. The Hall–Kier alpha value is -2.29. The van der Waals surface area contributed by atoms with E-state index in [0.717, 1.165) is 5.56 Å². The van der Waals surface area contributed by atoms with Gasteiger partial charge >= 0.3 is 0 Å². The first kappa shape index (κ1) is 10.2. The van der Waals surface area contributed by atoms with Gasteiger partial charge in [-0.1, -0.05) is 18.2 Å². The van der Waals surface area contributed by atoms with Gasteiger partial charge in [-0.05, 0) is 29.8 Å². The molecule has 16 heavy (non-hydrogen) atoms. The Balaban J connectivity index is 2.10. The molecule has 1 heterocycles. The van der Waals surface area contributed by atoms with Gasteiger partial charge in [-0.2, -0.15) is 0 Å². The van der Waals surface area contributed by atoms with Crippen molar-refractivity contribution in [3.8, 4) is 5.75 Å². The number of carbonyl (C=O) groups is 1. The fourth-order valence-corrected chi connectivity index (χ4v) is 1.26. The summed E-state index contributed by atoms with van der Waals surface area (Å²) in [5, 5.41) is 9.08. The Bertz CT molecular complexity index is 492. The van der Waals surface area contributed by atoms with Crippen molar-refractivity contribution in [1.29, 1.82) is 0 Å². The summed E-state index contributed by atoms with van der Waals surface area (Å²) in [5.74, 6) is 0.0973. The summed E-state index contributed by atoms with van der Waals surface area (Å²) in [5.41, 5.74) is 1.38. The molecule has 0 unspecified atom stereocenters. The van der Waals surface area contributed by atoms with Crippen molar-refractivity contribution < 1.29 is 14.3 Å². The highest BCUT2D eigenvalue weighted by Crippen LogP contribution is 2.11. The third-order valence-corrected chi connectivity index (χ3v) is 2.13. The Morgan fingerprint density at radius 2 is 1.94 bits per heavy atom. The van der Waals surface area contributed by atoms with E-state index in [0.29, 0.717) is 5.56 Å². The normalized spacial score (nSPS) is 10.8. The van der Waals surface area contributed by atoms with Crippen molar-refractivity contribution in [3.63, 3.8) is 0 Å². The third kappa shape index (κ3) is 2.39. The van der Waals surface area contributed by atoms with Crippen molar-refractivity contribution >= 4 is 11.9 Å². The molecule has 0 aliphatic carbocycles. The molecule has 0 saturated heterocycles. The van der Waals surface area contributed by atoms with E-state index in [1.807, 2.05) is 0 Å². The molecule has 0 spiro atoms. The van der Waals surface area contributed by atoms with E-state index >= 15 is 0 Å². The summed E-state index contributed by atoms with van der Waals surface area (Å²) in [6.07, 6.45) is 6.02. The van der Waals surface area contributed by atoms with E-state index < -0.39 is 0 Å². The molecule has 1 aromatic heterocycles. The van der Waals surface area contributed by atoms with E-state index in [2.05, 4.69) is 0 Å². The second-order valence-electron chi connectivity index (χ2n) is 3.30. The number of rotatable bonds is 3. The molecule has 0 amide bonds. The molecule has 0 saturated carbocycles. The molecule has 1 aromatic carbocycles. The minimum Gasteiger partial charge on any atom is -0.508 e.